The van der Waals surface area contributed by atoms with Crippen molar-refractivity contribution in [2.75, 3.05) is 13.1 Å². The van der Waals surface area contributed by atoms with Gasteiger partial charge in [0.25, 0.3) is 5.91 Å². The summed E-state index contributed by atoms with van der Waals surface area (Å²) in [5, 5.41) is 0. The monoisotopic (exact) mass is 350 g/mol. The van der Waals surface area contributed by atoms with Crippen molar-refractivity contribution in [2.24, 2.45) is 5.73 Å². The molecule has 2 aromatic rings. The van der Waals surface area contributed by atoms with Crippen LogP contribution in [0.1, 0.15) is 15.9 Å². The fourth-order valence-corrected chi connectivity index (χ4v) is 2.38. The molecule has 2 aromatic carbocycles. The Labute approximate surface area is 131 Å². The quantitative estimate of drug-likeness (QED) is 0.899. The summed E-state index contributed by atoms with van der Waals surface area (Å²) in [5.41, 5.74) is 6.61. The molecule has 0 unspecified atom stereocenters. The van der Waals surface area contributed by atoms with Crippen molar-refractivity contribution in [3.05, 3.63) is 69.9 Å². The predicted molar refractivity (Wildman–Crippen MR) is 84.3 cm³/mol. The van der Waals surface area contributed by atoms with Crippen LogP contribution < -0.4 is 5.73 Å². The van der Waals surface area contributed by atoms with E-state index in [9.17, 15) is 9.18 Å². The van der Waals surface area contributed by atoms with Crippen LogP contribution in [0.15, 0.2) is 53.0 Å². The molecule has 110 valence electrons. The van der Waals surface area contributed by atoms with Gasteiger partial charge in [0, 0.05) is 24.1 Å². The maximum absolute atomic E-state index is 13.9. The van der Waals surface area contributed by atoms with Gasteiger partial charge in [0.1, 0.15) is 5.82 Å². The lowest BCUT2D eigenvalue weighted by Gasteiger charge is -2.22. The van der Waals surface area contributed by atoms with E-state index >= 15 is 0 Å². The highest BCUT2D eigenvalue weighted by atomic mass is 79.9. The standard InChI is InChI=1S/C16H16BrFN2O/c17-13-6-7-14(15(18)10-13)16(21)20(9-8-19)11-12-4-2-1-3-5-12/h1-7,10H,8-9,11,19H2. The molecule has 0 radical (unpaired) electrons. The summed E-state index contributed by atoms with van der Waals surface area (Å²) in [6.45, 7) is 1.12. The largest absolute Gasteiger partial charge is 0.333 e. The van der Waals surface area contributed by atoms with Crippen molar-refractivity contribution in [3.63, 3.8) is 0 Å². The third-order valence-corrected chi connectivity index (χ3v) is 3.56. The molecule has 0 aliphatic heterocycles. The molecule has 0 atom stereocenters. The van der Waals surface area contributed by atoms with E-state index in [1.165, 1.54) is 12.1 Å². The molecule has 0 saturated carbocycles. The first-order chi connectivity index (χ1) is 10.1. The zero-order valence-electron chi connectivity index (χ0n) is 11.4. The minimum Gasteiger partial charge on any atom is -0.333 e. The molecule has 2 N–H and O–H groups in total. The Hall–Kier alpha value is -1.72. The Morgan fingerprint density at radius 3 is 2.52 bits per heavy atom. The van der Waals surface area contributed by atoms with Crippen molar-refractivity contribution in [1.82, 2.24) is 4.90 Å². The van der Waals surface area contributed by atoms with Crippen molar-refractivity contribution in [1.29, 1.82) is 0 Å². The van der Waals surface area contributed by atoms with Gasteiger partial charge in [0.05, 0.1) is 5.56 Å². The van der Waals surface area contributed by atoms with Gasteiger partial charge in [0.2, 0.25) is 0 Å². The van der Waals surface area contributed by atoms with Crippen molar-refractivity contribution >= 4 is 21.8 Å². The molecule has 2 rings (SSSR count). The van der Waals surface area contributed by atoms with Crippen LogP contribution in [0, 0.1) is 5.82 Å². The number of carbonyl (C=O) groups excluding carboxylic acids is 1. The van der Waals surface area contributed by atoms with E-state index in [0.29, 0.717) is 24.1 Å². The van der Waals surface area contributed by atoms with Crippen LogP contribution in [0.2, 0.25) is 0 Å². The van der Waals surface area contributed by atoms with Crippen LogP contribution in [-0.4, -0.2) is 23.9 Å². The molecular formula is C16H16BrFN2O. The number of hydrogen-bond donors (Lipinski definition) is 1. The van der Waals surface area contributed by atoms with Crippen LogP contribution in [0.5, 0.6) is 0 Å². The number of amides is 1. The molecule has 0 fully saturated rings. The molecule has 0 aliphatic rings. The molecule has 0 aliphatic carbocycles. The summed E-state index contributed by atoms with van der Waals surface area (Å²) < 4.78 is 14.5. The first-order valence-electron chi connectivity index (χ1n) is 6.60. The van der Waals surface area contributed by atoms with E-state index in [1.54, 1.807) is 11.0 Å². The van der Waals surface area contributed by atoms with Crippen LogP contribution in [0.4, 0.5) is 4.39 Å². The Balaban J connectivity index is 2.23. The van der Waals surface area contributed by atoms with Crippen molar-refractivity contribution < 1.29 is 9.18 Å². The van der Waals surface area contributed by atoms with Crippen LogP contribution in [0.25, 0.3) is 0 Å². The summed E-state index contributed by atoms with van der Waals surface area (Å²) >= 11 is 3.18. The molecule has 21 heavy (non-hydrogen) atoms. The predicted octanol–water partition coefficient (Wildman–Crippen LogP) is 3.19. The lowest BCUT2D eigenvalue weighted by molar-refractivity contribution is 0.0743. The second-order valence-corrected chi connectivity index (χ2v) is 5.54. The molecular weight excluding hydrogens is 335 g/mol. The minimum atomic E-state index is -0.538. The third-order valence-electron chi connectivity index (χ3n) is 3.06. The Morgan fingerprint density at radius 1 is 1.19 bits per heavy atom. The van der Waals surface area contributed by atoms with E-state index in [0.717, 1.165) is 5.56 Å². The molecule has 0 spiro atoms. The number of benzene rings is 2. The number of carbonyl (C=O) groups is 1. The minimum absolute atomic E-state index is 0.0579. The van der Waals surface area contributed by atoms with E-state index < -0.39 is 5.82 Å². The third kappa shape index (κ3) is 4.12. The Bertz CT molecular complexity index is 619. The van der Waals surface area contributed by atoms with E-state index in [1.807, 2.05) is 30.3 Å². The number of rotatable bonds is 5. The van der Waals surface area contributed by atoms with Crippen LogP contribution in [-0.2, 0) is 6.54 Å². The maximum Gasteiger partial charge on any atom is 0.257 e. The molecule has 0 aromatic heterocycles. The van der Waals surface area contributed by atoms with Gasteiger partial charge in [-0.3, -0.25) is 4.79 Å². The molecule has 3 nitrogen and oxygen atoms in total. The van der Waals surface area contributed by atoms with Gasteiger partial charge in [-0.05, 0) is 23.8 Å². The number of nitrogens with two attached hydrogens (primary N) is 1. The topological polar surface area (TPSA) is 46.3 Å². The average Bonchev–Trinajstić information content (AvgIpc) is 2.47. The van der Waals surface area contributed by atoms with Gasteiger partial charge in [-0.1, -0.05) is 46.3 Å². The van der Waals surface area contributed by atoms with Gasteiger partial charge >= 0.3 is 0 Å². The SMILES string of the molecule is NCCN(Cc1ccccc1)C(=O)c1ccc(Br)cc1F. The second-order valence-electron chi connectivity index (χ2n) is 4.63. The Kier molecular flexibility index (Phi) is 5.47. The van der Waals surface area contributed by atoms with E-state index in [2.05, 4.69) is 15.9 Å². The molecule has 5 heteroatoms. The zero-order valence-corrected chi connectivity index (χ0v) is 13.0. The fraction of sp³-hybridized carbons (Fsp3) is 0.188. The Morgan fingerprint density at radius 2 is 1.90 bits per heavy atom. The van der Waals surface area contributed by atoms with Gasteiger partial charge in [-0.2, -0.15) is 0 Å². The van der Waals surface area contributed by atoms with Gasteiger partial charge in [-0.15, -0.1) is 0 Å². The highest BCUT2D eigenvalue weighted by Gasteiger charge is 2.19. The van der Waals surface area contributed by atoms with Crippen molar-refractivity contribution in [2.45, 2.75) is 6.54 Å². The normalized spacial score (nSPS) is 10.4. The number of nitrogens with zero attached hydrogens (tertiary/aromatic N) is 1. The molecule has 0 bridgehead atoms. The van der Waals surface area contributed by atoms with Gasteiger partial charge < -0.3 is 10.6 Å². The number of hydrogen-bond acceptors (Lipinski definition) is 2. The lowest BCUT2D eigenvalue weighted by Crippen LogP contribution is -2.35. The van der Waals surface area contributed by atoms with Crippen LogP contribution >= 0.6 is 15.9 Å². The van der Waals surface area contributed by atoms with Gasteiger partial charge in [0.15, 0.2) is 0 Å². The lowest BCUT2D eigenvalue weighted by atomic mass is 10.1. The summed E-state index contributed by atoms with van der Waals surface area (Å²) in [5.74, 6) is -0.890. The molecule has 0 saturated heterocycles. The summed E-state index contributed by atoms with van der Waals surface area (Å²) in [4.78, 5) is 14.0. The van der Waals surface area contributed by atoms with E-state index in [4.69, 9.17) is 5.73 Å². The molecule has 1 amide bonds. The zero-order chi connectivity index (χ0) is 15.2. The summed E-state index contributed by atoms with van der Waals surface area (Å²) in [7, 11) is 0. The highest BCUT2D eigenvalue weighted by Crippen LogP contribution is 2.18. The van der Waals surface area contributed by atoms with Gasteiger partial charge in [-0.25, -0.2) is 4.39 Å². The average molecular weight is 351 g/mol. The fourth-order valence-electron chi connectivity index (χ4n) is 2.05. The summed E-state index contributed by atoms with van der Waals surface area (Å²) in [6, 6.07) is 14.0. The highest BCUT2D eigenvalue weighted by molar-refractivity contribution is 9.10. The van der Waals surface area contributed by atoms with E-state index in [-0.39, 0.29) is 11.5 Å². The first kappa shape index (κ1) is 15.7. The number of halogens is 2. The summed E-state index contributed by atoms with van der Waals surface area (Å²) in [6.07, 6.45) is 0. The maximum atomic E-state index is 13.9. The first-order valence-corrected chi connectivity index (χ1v) is 7.39. The molecule has 0 heterocycles. The van der Waals surface area contributed by atoms with Crippen LogP contribution in [0.3, 0.4) is 0 Å². The second kappa shape index (κ2) is 7.33. The smallest absolute Gasteiger partial charge is 0.257 e. The van der Waals surface area contributed by atoms with Crippen molar-refractivity contribution in [3.8, 4) is 0 Å².